The first-order valence-electron chi connectivity index (χ1n) is 0.865. The summed E-state index contributed by atoms with van der Waals surface area (Å²) in [6.45, 7) is 0. The first-order chi connectivity index (χ1) is 2.81. The highest BCUT2D eigenvalue weighted by Gasteiger charge is 1.60. The number of hydrogen-bond acceptors (Lipinski definition) is 5. The van der Waals surface area contributed by atoms with Gasteiger partial charge in [-0.1, -0.05) is 0 Å². The van der Waals surface area contributed by atoms with E-state index in [4.69, 9.17) is 10.2 Å². The van der Waals surface area contributed by atoms with Crippen molar-refractivity contribution in [2.24, 2.45) is 0 Å². The SMILES string of the molecule is O=[N+]=[S-](=O)O[O-]. The van der Waals surface area contributed by atoms with Crippen molar-refractivity contribution in [3.05, 3.63) is 4.91 Å². The van der Waals surface area contributed by atoms with Crippen LogP contribution in [0.1, 0.15) is 0 Å². The van der Waals surface area contributed by atoms with Gasteiger partial charge in [-0.3, -0.25) is 0 Å². The van der Waals surface area contributed by atoms with Crippen LogP contribution >= 0.6 is 0 Å². The fourth-order valence-corrected chi connectivity index (χ4v) is 0.0373. The fourth-order valence-electron chi connectivity index (χ4n) is 0.0124. The van der Waals surface area contributed by atoms with Gasteiger partial charge >= 0.3 is 0 Å². The van der Waals surface area contributed by atoms with Crippen LogP contribution in [0.4, 0.5) is 0 Å². The second kappa shape index (κ2) is 2.80. The number of nitroso groups, excluding NO2 is 1. The maximum absolute atomic E-state index is 9.28. The Morgan fingerprint density at radius 3 is 2.33 bits per heavy atom. The van der Waals surface area contributed by atoms with E-state index in [1.165, 1.54) is 0 Å². The van der Waals surface area contributed by atoms with Crippen molar-refractivity contribution in [1.82, 2.24) is 4.22 Å². The van der Waals surface area contributed by atoms with E-state index in [-0.39, 0.29) is 0 Å². The Balaban J connectivity index is 3.89. The monoisotopic (exact) mass is 110 g/mol. The number of hydrogen-bond donors (Lipinski definition) is 0. The lowest BCUT2D eigenvalue weighted by atomic mass is 13.8. The van der Waals surface area contributed by atoms with Gasteiger partial charge in [0.25, 0.3) is 10.9 Å². The van der Waals surface area contributed by atoms with Gasteiger partial charge in [0.2, 0.25) is 0 Å². The van der Waals surface area contributed by atoms with Crippen LogP contribution in [-0.4, -0.2) is 0 Å². The second-order valence-electron chi connectivity index (χ2n) is 0.360. The molecule has 0 bridgehead atoms. The van der Waals surface area contributed by atoms with Crippen LogP contribution in [0.5, 0.6) is 0 Å². The summed E-state index contributed by atoms with van der Waals surface area (Å²) in [7, 11) is -2.52. The molecule has 5 nitrogen and oxygen atoms in total. The molecular formula is NO4S-. The second-order valence-corrected chi connectivity index (χ2v) is 1.08. The molecule has 0 unspecified atom stereocenters. The van der Waals surface area contributed by atoms with Crippen LogP contribution in [0.2, 0.25) is 0 Å². The lowest BCUT2D eigenvalue weighted by Gasteiger charge is -1.93. The molecule has 0 aromatic carbocycles. The molecule has 0 atom stereocenters. The maximum atomic E-state index is 9.28. The van der Waals surface area contributed by atoms with Gasteiger partial charge in [0.15, 0.2) is 0 Å². The minimum atomic E-state index is -2.52. The van der Waals surface area contributed by atoms with Crippen LogP contribution in [0.15, 0.2) is 0 Å². The molecule has 0 N–H and O–H groups in total. The van der Waals surface area contributed by atoms with Crippen molar-refractivity contribution in [3.8, 4) is 0 Å². The lowest BCUT2D eigenvalue weighted by Crippen LogP contribution is -2.01. The van der Waals surface area contributed by atoms with Crippen LogP contribution in [0.25, 0.3) is 0 Å². The largest absolute Gasteiger partial charge is 0.740 e. The molecule has 0 aliphatic rings. The topological polar surface area (TPSA) is 80.5 Å². The van der Waals surface area contributed by atoms with Gasteiger partial charge < -0.3 is 13.8 Å². The molecule has 0 saturated carbocycles. The number of rotatable bonds is 1. The molecule has 0 rings (SSSR count). The van der Waals surface area contributed by atoms with Crippen molar-refractivity contribution < 1.29 is 13.8 Å². The van der Waals surface area contributed by atoms with E-state index in [2.05, 4.69) is 4.33 Å². The van der Waals surface area contributed by atoms with E-state index in [0.29, 0.717) is 0 Å². The maximum Gasteiger partial charge on any atom is 0.289 e. The van der Waals surface area contributed by atoms with Crippen molar-refractivity contribution >= 4 is 10.9 Å². The predicted molar refractivity (Wildman–Crippen MR) is 14.6 cm³/mol. The Bertz CT molecular complexity index is 116. The Labute approximate surface area is 34.9 Å². The van der Waals surface area contributed by atoms with E-state index < -0.39 is 10.9 Å². The van der Waals surface area contributed by atoms with Gasteiger partial charge in [-0.05, 0) is 0 Å². The molecule has 0 aromatic rings. The van der Waals surface area contributed by atoms with E-state index in [1.54, 1.807) is 4.22 Å². The van der Waals surface area contributed by atoms with Gasteiger partial charge in [-0.25, -0.2) is 0 Å². The molecule has 0 aliphatic carbocycles. The summed E-state index contributed by atoms with van der Waals surface area (Å²) in [5, 5.41) is 8.77. The quantitative estimate of drug-likeness (QED) is 0.172. The third-order valence-corrected chi connectivity index (χ3v) is 0.357. The average molecular weight is 110 g/mol. The summed E-state index contributed by atoms with van der Waals surface area (Å²) in [6, 6.07) is 0. The van der Waals surface area contributed by atoms with Gasteiger partial charge in [0.05, 0.1) is 0 Å². The average Bonchev–Trinajstić information content (AvgIpc) is 1.65. The molecule has 0 aromatic heterocycles. The Kier molecular flexibility index (Phi) is 2.60. The highest BCUT2D eigenvalue weighted by atomic mass is 32.2. The van der Waals surface area contributed by atoms with E-state index >= 15 is 0 Å². The molecule has 0 radical (unpaired) electrons. The first-order valence-corrected chi connectivity index (χ1v) is 1.90. The van der Waals surface area contributed by atoms with E-state index in [1.807, 2.05) is 0 Å². The standard InChI is InChI=1S/HNO4S/c2-1-6(4)5-3/h3H/p-1. The molecule has 0 saturated heterocycles. The Hall–Kier alpha value is -0.420. The minimum absolute atomic E-state index is 1.69. The molecule has 0 aliphatic heterocycles. The van der Waals surface area contributed by atoms with Gasteiger partial charge in [0, 0.05) is 0 Å². The zero-order chi connectivity index (χ0) is 4.99. The summed E-state index contributed by atoms with van der Waals surface area (Å²) in [5.74, 6) is 0. The molecule has 0 fully saturated rings. The highest BCUT2D eigenvalue weighted by molar-refractivity contribution is 7.68. The van der Waals surface area contributed by atoms with Crippen LogP contribution in [0.3, 0.4) is 0 Å². The molecule has 0 amide bonds. The molecular weight excluding hydrogens is 110 g/mol. The predicted octanol–water partition coefficient (Wildman–Crippen LogP) is -1.83. The molecule has 6 heteroatoms. The summed E-state index contributed by atoms with van der Waals surface area (Å²) >= 11 is 0. The molecule has 6 heavy (non-hydrogen) atoms. The van der Waals surface area contributed by atoms with Crippen LogP contribution < -0.4 is 9.48 Å². The minimum Gasteiger partial charge on any atom is -0.740 e. The summed E-state index contributed by atoms with van der Waals surface area (Å²) < 4.78 is 13.6. The Morgan fingerprint density at radius 2 is 2.33 bits per heavy atom. The van der Waals surface area contributed by atoms with E-state index in [0.717, 1.165) is 0 Å². The van der Waals surface area contributed by atoms with Crippen LogP contribution in [-0.2, 0) is 19.4 Å². The summed E-state index contributed by atoms with van der Waals surface area (Å²) in [6.07, 6.45) is 0. The molecule has 36 valence electrons. The van der Waals surface area contributed by atoms with Crippen LogP contribution in [0, 0.1) is 4.91 Å². The highest BCUT2D eigenvalue weighted by Crippen LogP contribution is 1.48. The molecule has 0 spiro atoms. The van der Waals surface area contributed by atoms with Crippen molar-refractivity contribution in [2.45, 2.75) is 0 Å². The normalized spacial score (nSPS) is 8.33. The zero-order valence-corrected chi connectivity index (χ0v) is 3.30. The van der Waals surface area contributed by atoms with Crippen molar-refractivity contribution in [1.29, 1.82) is 0 Å². The zero-order valence-electron chi connectivity index (χ0n) is 2.49. The van der Waals surface area contributed by atoms with Gasteiger partial charge in [-0.2, -0.15) is 0 Å². The van der Waals surface area contributed by atoms with Crippen molar-refractivity contribution in [3.63, 3.8) is 0 Å². The van der Waals surface area contributed by atoms with Gasteiger partial charge in [0.1, 0.15) is 9.13 Å². The lowest BCUT2D eigenvalue weighted by molar-refractivity contribution is -0.632. The Morgan fingerprint density at radius 1 is 1.83 bits per heavy atom. The first kappa shape index (κ1) is 5.58. The summed E-state index contributed by atoms with van der Waals surface area (Å²) in [4.78, 5) is 8.86. The summed E-state index contributed by atoms with van der Waals surface area (Å²) in [5.41, 5.74) is 0. The third kappa shape index (κ3) is 1.86. The number of nitrogens with zero attached hydrogens (tertiary/aromatic N) is 1. The fraction of sp³-hybridized carbons (Fsp3) is 0. The smallest absolute Gasteiger partial charge is 0.289 e. The molecule has 0 heterocycles. The van der Waals surface area contributed by atoms with Gasteiger partial charge in [-0.15, -0.1) is 0 Å². The third-order valence-electron chi connectivity index (χ3n) is 0.119. The van der Waals surface area contributed by atoms with E-state index in [9.17, 15) is 4.21 Å². The van der Waals surface area contributed by atoms with Crippen molar-refractivity contribution in [2.75, 3.05) is 0 Å².